The quantitative estimate of drug-likeness (QED) is 0.283. The zero-order chi connectivity index (χ0) is 21.3. The van der Waals surface area contributed by atoms with Crippen molar-refractivity contribution in [3.63, 3.8) is 0 Å². The molecule has 2 N–H and O–H groups in total. The summed E-state index contributed by atoms with van der Waals surface area (Å²) >= 11 is 0. The molecule has 3 rings (SSSR count). The third kappa shape index (κ3) is 7.68. The first-order valence-electron chi connectivity index (χ1n) is 11.3. The van der Waals surface area contributed by atoms with E-state index in [2.05, 4.69) is 44.5 Å². The van der Waals surface area contributed by atoms with Crippen LogP contribution in [0.1, 0.15) is 38.2 Å². The maximum atomic E-state index is 5.40. The van der Waals surface area contributed by atoms with Crippen molar-refractivity contribution < 1.29 is 9.47 Å². The highest BCUT2D eigenvalue weighted by molar-refractivity contribution is 14.0. The average molecular weight is 546 g/mol. The number of hydrogen-bond acceptors (Lipinski definition) is 5. The van der Waals surface area contributed by atoms with E-state index in [1.54, 1.807) is 14.2 Å². The molecule has 7 nitrogen and oxygen atoms in total. The van der Waals surface area contributed by atoms with E-state index in [0.717, 1.165) is 50.1 Å². The molecule has 8 heteroatoms. The van der Waals surface area contributed by atoms with Gasteiger partial charge < -0.3 is 20.1 Å². The Morgan fingerprint density at radius 1 is 1.13 bits per heavy atom. The zero-order valence-electron chi connectivity index (χ0n) is 19.5. The van der Waals surface area contributed by atoms with Crippen LogP contribution in [-0.2, 0) is 6.54 Å². The molecule has 2 fully saturated rings. The Kier molecular flexibility index (Phi) is 11.2. The second-order valence-electron chi connectivity index (χ2n) is 8.34. The van der Waals surface area contributed by atoms with Crippen LogP contribution in [0.3, 0.4) is 0 Å². The molecule has 2 aliphatic rings. The van der Waals surface area contributed by atoms with Gasteiger partial charge in [-0.05, 0) is 56.5 Å². The van der Waals surface area contributed by atoms with Crippen molar-refractivity contribution in [1.29, 1.82) is 0 Å². The minimum absolute atomic E-state index is 0. The van der Waals surface area contributed by atoms with E-state index >= 15 is 0 Å². The van der Waals surface area contributed by atoms with Gasteiger partial charge in [0.1, 0.15) is 11.5 Å². The first-order valence-corrected chi connectivity index (χ1v) is 11.3. The lowest BCUT2D eigenvalue weighted by Crippen LogP contribution is -2.49. The van der Waals surface area contributed by atoms with Gasteiger partial charge in [0.2, 0.25) is 0 Å². The summed E-state index contributed by atoms with van der Waals surface area (Å²) in [5.41, 5.74) is 1.21. The van der Waals surface area contributed by atoms with E-state index in [0.29, 0.717) is 12.1 Å². The van der Waals surface area contributed by atoms with Crippen LogP contribution >= 0.6 is 24.0 Å². The first kappa shape index (κ1) is 26.0. The first-order chi connectivity index (χ1) is 14.6. The number of ether oxygens (including phenoxy) is 2. The Labute approximate surface area is 205 Å². The third-order valence-electron chi connectivity index (χ3n) is 6.29. The second-order valence-corrected chi connectivity index (χ2v) is 8.34. The topological polar surface area (TPSA) is 61.4 Å². The molecule has 2 aliphatic heterocycles. The summed E-state index contributed by atoms with van der Waals surface area (Å²) in [7, 11) is 5.25. The van der Waals surface area contributed by atoms with Crippen LogP contribution in [0.5, 0.6) is 11.5 Å². The predicted octanol–water partition coefficient (Wildman–Crippen LogP) is 2.94. The molecule has 1 aromatic rings. The Morgan fingerprint density at radius 3 is 2.39 bits per heavy atom. The number of likely N-dealkylation sites (tertiary alicyclic amines) is 2. The Bertz CT molecular complexity index is 674. The van der Waals surface area contributed by atoms with Crippen molar-refractivity contribution in [2.24, 2.45) is 4.99 Å². The van der Waals surface area contributed by atoms with Crippen molar-refractivity contribution in [3.05, 3.63) is 23.8 Å². The molecule has 2 saturated heterocycles. The van der Waals surface area contributed by atoms with Crippen molar-refractivity contribution >= 4 is 29.9 Å². The maximum Gasteiger partial charge on any atom is 0.191 e. The fourth-order valence-corrected chi connectivity index (χ4v) is 4.55. The standard InChI is InChI=1S/C23H39N5O2.HI/c1-5-20(28-9-6-7-10-28)15-25-23(24-2)26-19-8-11-27(17-19)16-18-12-21(29-3)14-22(13-18)30-4;/h12-14,19-20H,5-11,15-17H2,1-4H3,(H2,24,25,26);1H. The Hall–Kier alpha value is -1.26. The van der Waals surface area contributed by atoms with Crippen LogP contribution in [0.2, 0.25) is 0 Å². The van der Waals surface area contributed by atoms with Crippen LogP contribution in [0.4, 0.5) is 0 Å². The third-order valence-corrected chi connectivity index (χ3v) is 6.29. The molecular formula is C23H40IN5O2. The van der Waals surface area contributed by atoms with E-state index in [9.17, 15) is 0 Å². The van der Waals surface area contributed by atoms with E-state index < -0.39 is 0 Å². The highest BCUT2D eigenvalue weighted by atomic mass is 127. The maximum absolute atomic E-state index is 5.40. The minimum atomic E-state index is 0. The lowest BCUT2D eigenvalue weighted by Gasteiger charge is -2.28. The molecule has 0 aliphatic carbocycles. The van der Waals surface area contributed by atoms with Crippen LogP contribution in [0.15, 0.2) is 23.2 Å². The fraction of sp³-hybridized carbons (Fsp3) is 0.696. The molecule has 0 spiro atoms. The van der Waals surface area contributed by atoms with Crippen LogP contribution in [0, 0.1) is 0 Å². The number of rotatable bonds is 9. The summed E-state index contributed by atoms with van der Waals surface area (Å²) < 4.78 is 10.8. The van der Waals surface area contributed by atoms with E-state index in [-0.39, 0.29) is 24.0 Å². The number of methoxy groups -OCH3 is 2. The molecular weight excluding hydrogens is 505 g/mol. The molecule has 0 saturated carbocycles. The summed E-state index contributed by atoms with van der Waals surface area (Å²) in [5, 5.41) is 7.19. The molecule has 0 bridgehead atoms. The monoisotopic (exact) mass is 545 g/mol. The molecule has 31 heavy (non-hydrogen) atoms. The molecule has 0 amide bonds. The van der Waals surface area contributed by atoms with Gasteiger partial charge in [0, 0.05) is 51.4 Å². The summed E-state index contributed by atoms with van der Waals surface area (Å²) in [5.74, 6) is 2.60. The van der Waals surface area contributed by atoms with Crippen LogP contribution in [0.25, 0.3) is 0 Å². The largest absolute Gasteiger partial charge is 0.497 e. The second kappa shape index (κ2) is 13.3. The molecule has 2 atom stereocenters. The zero-order valence-corrected chi connectivity index (χ0v) is 21.9. The van der Waals surface area contributed by atoms with Gasteiger partial charge in [-0.25, -0.2) is 0 Å². The van der Waals surface area contributed by atoms with Crippen LogP contribution in [-0.4, -0.2) is 81.8 Å². The predicted molar refractivity (Wildman–Crippen MR) is 138 cm³/mol. The summed E-state index contributed by atoms with van der Waals surface area (Å²) in [6.45, 7) is 8.67. The average Bonchev–Trinajstić information content (AvgIpc) is 3.45. The van der Waals surface area contributed by atoms with Gasteiger partial charge >= 0.3 is 0 Å². The van der Waals surface area contributed by atoms with Crippen molar-refractivity contribution in [2.75, 3.05) is 54.0 Å². The van der Waals surface area contributed by atoms with Gasteiger partial charge in [-0.3, -0.25) is 14.8 Å². The number of benzene rings is 1. The van der Waals surface area contributed by atoms with Gasteiger partial charge in [-0.2, -0.15) is 0 Å². The molecule has 176 valence electrons. The van der Waals surface area contributed by atoms with Crippen LogP contribution < -0.4 is 20.1 Å². The summed E-state index contributed by atoms with van der Waals surface area (Å²) in [4.78, 5) is 9.54. The minimum Gasteiger partial charge on any atom is -0.497 e. The SMILES string of the molecule is CCC(CNC(=NC)NC1CCN(Cc2cc(OC)cc(OC)c2)C1)N1CCCC1.I. The molecule has 2 heterocycles. The fourth-order valence-electron chi connectivity index (χ4n) is 4.55. The number of aliphatic imine (C=N–C) groups is 1. The van der Waals surface area contributed by atoms with Gasteiger partial charge in [-0.1, -0.05) is 6.92 Å². The van der Waals surface area contributed by atoms with Gasteiger partial charge in [0.15, 0.2) is 5.96 Å². The lowest BCUT2D eigenvalue weighted by atomic mass is 10.2. The molecule has 0 aromatic heterocycles. The smallest absolute Gasteiger partial charge is 0.191 e. The number of hydrogen-bond donors (Lipinski definition) is 2. The Balaban J connectivity index is 0.00000341. The number of halogens is 1. The van der Waals surface area contributed by atoms with Crippen molar-refractivity contribution in [1.82, 2.24) is 20.4 Å². The number of guanidine groups is 1. The highest BCUT2D eigenvalue weighted by Crippen LogP contribution is 2.24. The lowest BCUT2D eigenvalue weighted by molar-refractivity contribution is 0.236. The normalized spacial score (nSPS) is 20.9. The molecule has 2 unspecified atom stereocenters. The van der Waals surface area contributed by atoms with Gasteiger partial charge in [0.05, 0.1) is 14.2 Å². The molecule has 1 aromatic carbocycles. The van der Waals surface area contributed by atoms with Crippen molar-refractivity contribution in [3.8, 4) is 11.5 Å². The van der Waals surface area contributed by atoms with Gasteiger partial charge in [0.25, 0.3) is 0 Å². The van der Waals surface area contributed by atoms with E-state index in [1.165, 1.54) is 37.9 Å². The highest BCUT2D eigenvalue weighted by Gasteiger charge is 2.25. The molecule has 0 radical (unpaired) electrons. The van der Waals surface area contributed by atoms with E-state index in [1.807, 2.05) is 13.1 Å². The Morgan fingerprint density at radius 2 is 1.81 bits per heavy atom. The van der Waals surface area contributed by atoms with Crippen molar-refractivity contribution in [2.45, 2.75) is 51.2 Å². The van der Waals surface area contributed by atoms with Gasteiger partial charge in [-0.15, -0.1) is 24.0 Å². The number of nitrogens with one attached hydrogen (secondary N) is 2. The number of nitrogens with zero attached hydrogens (tertiary/aromatic N) is 3. The van der Waals surface area contributed by atoms with E-state index in [4.69, 9.17) is 9.47 Å². The summed E-state index contributed by atoms with van der Waals surface area (Å²) in [6.07, 6.45) is 4.96. The summed E-state index contributed by atoms with van der Waals surface area (Å²) in [6, 6.07) is 7.10.